The zero-order chi connectivity index (χ0) is 26.3. The van der Waals surface area contributed by atoms with Gasteiger partial charge in [-0.2, -0.15) is 0 Å². The van der Waals surface area contributed by atoms with Gasteiger partial charge in [-0.05, 0) is 55.4 Å². The maximum atomic E-state index is 12.3. The quantitative estimate of drug-likeness (QED) is 0.221. The van der Waals surface area contributed by atoms with Gasteiger partial charge in [0.15, 0.2) is 0 Å². The Balaban J connectivity index is 1.79. The van der Waals surface area contributed by atoms with E-state index >= 15 is 0 Å². The van der Waals surface area contributed by atoms with Crippen LogP contribution in [0.25, 0.3) is 0 Å². The Morgan fingerprint density at radius 1 is 0.629 bits per heavy atom. The summed E-state index contributed by atoms with van der Waals surface area (Å²) in [4.78, 5) is 33.6. The molecule has 0 fully saturated rings. The van der Waals surface area contributed by atoms with Crippen LogP contribution in [0.1, 0.15) is 76.6 Å². The number of benzene rings is 2. The minimum Gasteiger partial charge on any atom is -0.461 e. The molecule has 0 spiro atoms. The van der Waals surface area contributed by atoms with Gasteiger partial charge >= 0.3 is 11.9 Å². The molecule has 2 aromatic rings. The zero-order valence-electron chi connectivity index (χ0n) is 21.3. The van der Waals surface area contributed by atoms with E-state index in [0.717, 1.165) is 22.3 Å². The molecule has 0 aliphatic carbocycles. The fourth-order valence-electron chi connectivity index (χ4n) is 3.38. The lowest BCUT2D eigenvalue weighted by Gasteiger charge is -2.23. The highest BCUT2D eigenvalue weighted by molar-refractivity contribution is 5.74. The monoisotopic (exact) mass is 488 g/mol. The van der Waals surface area contributed by atoms with Crippen molar-refractivity contribution in [2.45, 2.75) is 78.8 Å². The summed E-state index contributed by atoms with van der Waals surface area (Å²) in [7, 11) is 0. The Morgan fingerprint density at radius 3 is 1.23 bits per heavy atom. The van der Waals surface area contributed by atoms with Crippen molar-refractivity contribution in [2.24, 2.45) is 5.41 Å². The average molecular weight is 489 g/mol. The number of esters is 2. The van der Waals surface area contributed by atoms with E-state index in [4.69, 9.17) is 20.0 Å². The third-order valence-electron chi connectivity index (χ3n) is 5.80. The molecule has 0 saturated carbocycles. The summed E-state index contributed by atoms with van der Waals surface area (Å²) in [5.74, 6) is -0.814. The molecular weight excluding hydrogens is 452 g/mol. The predicted octanol–water partition coefficient (Wildman–Crippen LogP) is 5.73. The number of rotatable bonds is 12. The van der Waals surface area contributed by atoms with E-state index in [2.05, 4.69) is 9.78 Å². The summed E-state index contributed by atoms with van der Waals surface area (Å²) < 4.78 is 10.7. The lowest BCUT2D eigenvalue weighted by Crippen LogP contribution is -2.23. The Morgan fingerprint density at radius 2 is 0.943 bits per heavy atom. The van der Waals surface area contributed by atoms with Gasteiger partial charge in [-0.3, -0.25) is 20.1 Å². The molecule has 0 bridgehead atoms. The van der Waals surface area contributed by atoms with Crippen LogP contribution in [0.3, 0.4) is 0 Å². The molecule has 8 nitrogen and oxygen atoms in total. The molecule has 35 heavy (non-hydrogen) atoms. The molecule has 0 heterocycles. The second kappa shape index (κ2) is 11.8. The molecule has 2 N–H and O–H groups in total. The minimum absolute atomic E-state index is 0.0660. The van der Waals surface area contributed by atoms with E-state index in [-0.39, 0.29) is 26.1 Å². The van der Waals surface area contributed by atoms with Gasteiger partial charge in [0.2, 0.25) is 0 Å². The number of carbonyl (C=O) groups is 2. The number of hydrogen-bond donors (Lipinski definition) is 2. The fraction of sp³-hybridized carbons (Fsp3) is 0.481. The van der Waals surface area contributed by atoms with Crippen molar-refractivity contribution in [3.63, 3.8) is 0 Å². The SMILES string of the molecule is CC(C)(CC(=O)OCc1ccc(C(C)(C)OO)cc1)CC(=O)OCc1ccc(C(C)(C)OO)cc1. The molecule has 192 valence electrons. The van der Waals surface area contributed by atoms with Crippen molar-refractivity contribution >= 4 is 11.9 Å². The first-order valence-corrected chi connectivity index (χ1v) is 11.4. The highest BCUT2D eigenvalue weighted by atomic mass is 17.1. The van der Waals surface area contributed by atoms with Crippen molar-refractivity contribution < 1.29 is 39.4 Å². The van der Waals surface area contributed by atoms with Crippen LogP contribution >= 0.6 is 0 Å². The van der Waals surface area contributed by atoms with Gasteiger partial charge in [-0.25, -0.2) is 9.78 Å². The van der Waals surface area contributed by atoms with Crippen molar-refractivity contribution in [3.05, 3.63) is 70.8 Å². The summed E-state index contributed by atoms with van der Waals surface area (Å²) in [5.41, 5.74) is 0.877. The molecule has 2 aromatic carbocycles. The maximum absolute atomic E-state index is 12.3. The maximum Gasteiger partial charge on any atom is 0.306 e. The van der Waals surface area contributed by atoms with E-state index in [9.17, 15) is 9.59 Å². The van der Waals surface area contributed by atoms with Crippen molar-refractivity contribution in [1.29, 1.82) is 0 Å². The third-order valence-corrected chi connectivity index (χ3v) is 5.80. The normalized spacial score (nSPS) is 12.3. The number of carbonyl (C=O) groups excluding carboxylic acids is 2. The molecule has 0 aliphatic rings. The van der Waals surface area contributed by atoms with Crippen molar-refractivity contribution in [2.75, 3.05) is 0 Å². The third kappa shape index (κ3) is 8.74. The lowest BCUT2D eigenvalue weighted by atomic mass is 9.86. The first-order chi connectivity index (χ1) is 16.3. The summed E-state index contributed by atoms with van der Waals surface area (Å²) in [6.45, 7) is 10.8. The van der Waals surface area contributed by atoms with Crippen LogP contribution in [-0.4, -0.2) is 22.5 Å². The Labute approximate surface area is 206 Å². The molecule has 0 aliphatic heterocycles. The summed E-state index contributed by atoms with van der Waals surface area (Å²) in [6.07, 6.45) is 0.132. The standard InChI is InChI=1S/C27H36O8/c1-25(2,15-23(28)32-17-19-7-11-21(12-8-19)26(3,4)34-30)16-24(29)33-18-20-9-13-22(14-10-20)27(5,6)35-31/h7-14,30-31H,15-18H2,1-6H3. The van der Waals surface area contributed by atoms with E-state index in [0.29, 0.717) is 0 Å². The highest BCUT2D eigenvalue weighted by Crippen LogP contribution is 2.28. The van der Waals surface area contributed by atoms with Gasteiger partial charge in [-0.15, -0.1) is 0 Å². The molecule has 0 amide bonds. The smallest absolute Gasteiger partial charge is 0.306 e. The molecular formula is C27H36O8. The minimum atomic E-state index is -0.830. The van der Waals surface area contributed by atoms with Gasteiger partial charge in [-0.1, -0.05) is 62.4 Å². The van der Waals surface area contributed by atoms with E-state index in [1.807, 2.05) is 13.8 Å². The van der Waals surface area contributed by atoms with Crippen LogP contribution < -0.4 is 0 Å². The van der Waals surface area contributed by atoms with Crippen molar-refractivity contribution in [3.8, 4) is 0 Å². The summed E-state index contributed by atoms with van der Waals surface area (Å²) in [6, 6.07) is 14.4. The molecule has 2 rings (SSSR count). The van der Waals surface area contributed by atoms with Crippen LogP contribution in [0.5, 0.6) is 0 Å². The molecule has 0 atom stereocenters. The molecule has 8 heteroatoms. The topological polar surface area (TPSA) is 112 Å². The second-order valence-corrected chi connectivity index (χ2v) is 10.4. The summed E-state index contributed by atoms with van der Waals surface area (Å²) in [5, 5.41) is 18.0. The Hall–Kier alpha value is -2.78. The van der Waals surface area contributed by atoms with Crippen LogP contribution in [0, 0.1) is 5.41 Å². The van der Waals surface area contributed by atoms with Crippen LogP contribution in [0.2, 0.25) is 0 Å². The van der Waals surface area contributed by atoms with E-state index < -0.39 is 28.6 Å². The van der Waals surface area contributed by atoms with Gasteiger partial charge in [0.05, 0.1) is 12.8 Å². The van der Waals surface area contributed by atoms with Gasteiger partial charge in [0, 0.05) is 0 Å². The Kier molecular flexibility index (Phi) is 9.57. The number of hydrogen-bond acceptors (Lipinski definition) is 8. The molecule has 0 aromatic heterocycles. The van der Waals surface area contributed by atoms with Crippen molar-refractivity contribution in [1.82, 2.24) is 0 Å². The molecule has 0 unspecified atom stereocenters. The van der Waals surface area contributed by atoms with Gasteiger partial charge in [0.25, 0.3) is 0 Å². The van der Waals surface area contributed by atoms with Gasteiger partial charge < -0.3 is 9.47 Å². The van der Waals surface area contributed by atoms with Crippen LogP contribution in [-0.2, 0) is 53.3 Å². The second-order valence-electron chi connectivity index (χ2n) is 10.4. The highest BCUT2D eigenvalue weighted by Gasteiger charge is 2.27. The molecule has 0 radical (unpaired) electrons. The summed E-state index contributed by atoms with van der Waals surface area (Å²) >= 11 is 0. The first kappa shape index (κ1) is 28.5. The van der Waals surface area contributed by atoms with E-state index in [1.165, 1.54) is 0 Å². The lowest BCUT2D eigenvalue weighted by molar-refractivity contribution is -0.318. The van der Waals surface area contributed by atoms with Crippen LogP contribution in [0.4, 0.5) is 0 Å². The fourth-order valence-corrected chi connectivity index (χ4v) is 3.38. The van der Waals surface area contributed by atoms with E-state index in [1.54, 1.807) is 76.2 Å². The number of ether oxygens (including phenoxy) is 2. The average Bonchev–Trinajstić information content (AvgIpc) is 2.81. The first-order valence-electron chi connectivity index (χ1n) is 11.4. The Bertz CT molecular complexity index is 896. The largest absolute Gasteiger partial charge is 0.461 e. The van der Waals surface area contributed by atoms with Crippen LogP contribution in [0.15, 0.2) is 48.5 Å². The zero-order valence-corrected chi connectivity index (χ0v) is 21.3. The van der Waals surface area contributed by atoms with Gasteiger partial charge in [0.1, 0.15) is 24.4 Å². The predicted molar refractivity (Wildman–Crippen MR) is 129 cm³/mol. The molecule has 0 saturated heterocycles.